The standard InChI is InChI=1S/C17H30N4OS.HI/c1-4-15-11-20-16(23-15)7-9-19-17(18-5-2)21-10-8-14(12-21)13-22-6-3;/h11,14H,4-10,12-13H2,1-3H3,(H,18,19);1H. The summed E-state index contributed by atoms with van der Waals surface area (Å²) in [6.07, 6.45) is 5.18. The molecule has 1 fully saturated rings. The van der Waals surface area contributed by atoms with Gasteiger partial charge in [0.1, 0.15) is 0 Å². The van der Waals surface area contributed by atoms with Crippen molar-refractivity contribution in [3.8, 4) is 0 Å². The maximum absolute atomic E-state index is 5.56. The fourth-order valence-corrected chi connectivity index (χ4v) is 3.61. The molecule has 0 aromatic carbocycles. The molecule has 138 valence electrons. The highest BCUT2D eigenvalue weighted by molar-refractivity contribution is 14.0. The van der Waals surface area contributed by atoms with Crippen molar-refractivity contribution < 1.29 is 4.74 Å². The molecule has 5 nitrogen and oxygen atoms in total. The van der Waals surface area contributed by atoms with E-state index >= 15 is 0 Å². The van der Waals surface area contributed by atoms with Gasteiger partial charge in [0, 0.05) is 56.2 Å². The van der Waals surface area contributed by atoms with E-state index in [1.807, 2.05) is 17.5 Å². The second kappa shape index (κ2) is 12.0. The van der Waals surface area contributed by atoms with Gasteiger partial charge >= 0.3 is 0 Å². The highest BCUT2D eigenvalue weighted by Crippen LogP contribution is 2.17. The van der Waals surface area contributed by atoms with Crippen LogP contribution >= 0.6 is 35.3 Å². The summed E-state index contributed by atoms with van der Waals surface area (Å²) in [5, 5.41) is 4.61. The van der Waals surface area contributed by atoms with Crippen LogP contribution < -0.4 is 5.32 Å². The third-order valence-corrected chi connectivity index (χ3v) is 5.22. The number of rotatable bonds is 8. The zero-order valence-corrected chi connectivity index (χ0v) is 18.2. The van der Waals surface area contributed by atoms with Crippen LogP contribution in [0.5, 0.6) is 0 Å². The molecule has 1 aromatic rings. The van der Waals surface area contributed by atoms with Crippen LogP contribution in [-0.2, 0) is 17.6 Å². The van der Waals surface area contributed by atoms with Gasteiger partial charge in [-0.3, -0.25) is 4.99 Å². The van der Waals surface area contributed by atoms with Crippen molar-refractivity contribution in [2.24, 2.45) is 10.9 Å². The zero-order valence-electron chi connectivity index (χ0n) is 15.1. The number of likely N-dealkylation sites (tertiary alicyclic amines) is 1. The number of aromatic nitrogens is 1. The van der Waals surface area contributed by atoms with Gasteiger partial charge in [-0.1, -0.05) is 6.92 Å². The molecule has 1 N–H and O–H groups in total. The number of ether oxygens (including phenoxy) is 1. The topological polar surface area (TPSA) is 49.8 Å². The SMILES string of the molecule is CCNC(=NCCc1ncc(CC)s1)N1CCC(COCC)C1.I. The predicted octanol–water partition coefficient (Wildman–Crippen LogP) is 3.19. The van der Waals surface area contributed by atoms with Gasteiger partial charge in [-0.25, -0.2) is 4.98 Å². The molecule has 2 heterocycles. The Hall–Kier alpha value is -0.410. The maximum atomic E-state index is 5.56. The van der Waals surface area contributed by atoms with E-state index < -0.39 is 0 Å². The van der Waals surface area contributed by atoms with Crippen LogP contribution in [0.2, 0.25) is 0 Å². The van der Waals surface area contributed by atoms with E-state index in [0.29, 0.717) is 5.92 Å². The molecule has 0 aliphatic carbocycles. The highest BCUT2D eigenvalue weighted by atomic mass is 127. The largest absolute Gasteiger partial charge is 0.381 e. The average molecular weight is 466 g/mol. The molecule has 0 bridgehead atoms. The molecule has 2 rings (SSSR count). The van der Waals surface area contributed by atoms with E-state index in [1.54, 1.807) is 0 Å². The fraction of sp³-hybridized carbons (Fsp3) is 0.765. The molecule has 0 amide bonds. The Morgan fingerprint density at radius 1 is 1.46 bits per heavy atom. The van der Waals surface area contributed by atoms with Gasteiger partial charge in [0.2, 0.25) is 0 Å². The summed E-state index contributed by atoms with van der Waals surface area (Å²) in [5.41, 5.74) is 0. The lowest BCUT2D eigenvalue weighted by Crippen LogP contribution is -2.40. The van der Waals surface area contributed by atoms with Gasteiger partial charge in [-0.15, -0.1) is 35.3 Å². The van der Waals surface area contributed by atoms with Crippen LogP contribution in [0.4, 0.5) is 0 Å². The first kappa shape index (κ1) is 21.6. The van der Waals surface area contributed by atoms with Gasteiger partial charge in [0.25, 0.3) is 0 Å². The molecule has 1 atom stereocenters. The van der Waals surface area contributed by atoms with Crippen molar-refractivity contribution in [3.05, 3.63) is 16.1 Å². The molecule has 0 spiro atoms. The number of hydrogen-bond acceptors (Lipinski definition) is 4. The van der Waals surface area contributed by atoms with E-state index in [4.69, 9.17) is 9.73 Å². The Morgan fingerprint density at radius 3 is 2.96 bits per heavy atom. The van der Waals surface area contributed by atoms with Crippen molar-refractivity contribution in [1.82, 2.24) is 15.2 Å². The summed E-state index contributed by atoms with van der Waals surface area (Å²) < 4.78 is 5.56. The normalized spacial score (nSPS) is 17.9. The number of aryl methyl sites for hydroxylation is 1. The van der Waals surface area contributed by atoms with Gasteiger partial charge in [-0.05, 0) is 26.7 Å². The summed E-state index contributed by atoms with van der Waals surface area (Å²) in [4.78, 5) is 13.0. The molecular formula is C17H31IN4OS. The van der Waals surface area contributed by atoms with Gasteiger partial charge in [0.15, 0.2) is 5.96 Å². The Kier molecular flexibility index (Phi) is 10.8. The molecular weight excluding hydrogens is 435 g/mol. The first-order valence-electron chi connectivity index (χ1n) is 8.81. The van der Waals surface area contributed by atoms with Crippen molar-refractivity contribution in [1.29, 1.82) is 0 Å². The van der Waals surface area contributed by atoms with Crippen LogP contribution in [-0.4, -0.2) is 55.2 Å². The van der Waals surface area contributed by atoms with Crippen molar-refractivity contribution in [3.63, 3.8) is 0 Å². The lowest BCUT2D eigenvalue weighted by atomic mass is 10.1. The minimum atomic E-state index is 0. The number of nitrogens with one attached hydrogen (secondary N) is 1. The number of nitrogens with zero attached hydrogens (tertiary/aromatic N) is 3. The van der Waals surface area contributed by atoms with E-state index in [0.717, 1.165) is 58.2 Å². The first-order valence-corrected chi connectivity index (χ1v) is 9.63. The Morgan fingerprint density at radius 2 is 2.29 bits per heavy atom. The Bertz CT molecular complexity index is 495. The Balaban J connectivity index is 0.00000288. The van der Waals surface area contributed by atoms with E-state index in [2.05, 4.69) is 36.0 Å². The summed E-state index contributed by atoms with van der Waals surface area (Å²) in [5.74, 6) is 1.67. The number of aliphatic imine (C=N–C) groups is 1. The fourth-order valence-electron chi connectivity index (χ4n) is 2.76. The molecule has 24 heavy (non-hydrogen) atoms. The lowest BCUT2D eigenvalue weighted by molar-refractivity contribution is 0.114. The molecule has 1 saturated heterocycles. The number of hydrogen-bond donors (Lipinski definition) is 1. The van der Waals surface area contributed by atoms with Crippen molar-refractivity contribution in [2.75, 3.05) is 39.4 Å². The molecule has 1 aliphatic heterocycles. The van der Waals surface area contributed by atoms with E-state index in [9.17, 15) is 0 Å². The Labute approximate surface area is 167 Å². The second-order valence-corrected chi connectivity index (χ2v) is 7.02. The summed E-state index contributed by atoms with van der Waals surface area (Å²) >= 11 is 1.81. The minimum Gasteiger partial charge on any atom is -0.381 e. The van der Waals surface area contributed by atoms with Gasteiger partial charge in [-0.2, -0.15) is 0 Å². The number of thiazole rings is 1. The summed E-state index contributed by atoms with van der Waals surface area (Å²) in [6, 6.07) is 0. The number of halogens is 1. The lowest BCUT2D eigenvalue weighted by Gasteiger charge is -2.21. The minimum absolute atomic E-state index is 0. The maximum Gasteiger partial charge on any atom is 0.193 e. The van der Waals surface area contributed by atoms with Crippen LogP contribution in [0.25, 0.3) is 0 Å². The third kappa shape index (κ3) is 6.84. The third-order valence-electron chi connectivity index (χ3n) is 4.02. The van der Waals surface area contributed by atoms with Crippen LogP contribution in [0.3, 0.4) is 0 Å². The molecule has 7 heteroatoms. The second-order valence-electron chi connectivity index (χ2n) is 5.82. The van der Waals surface area contributed by atoms with E-state index in [1.165, 1.54) is 16.3 Å². The van der Waals surface area contributed by atoms with Crippen LogP contribution in [0.1, 0.15) is 37.1 Å². The molecule has 0 radical (unpaired) electrons. The van der Waals surface area contributed by atoms with Crippen LogP contribution in [0, 0.1) is 5.92 Å². The monoisotopic (exact) mass is 466 g/mol. The molecule has 1 aliphatic rings. The quantitative estimate of drug-likeness (QED) is 0.363. The molecule has 0 saturated carbocycles. The zero-order chi connectivity index (χ0) is 16.5. The summed E-state index contributed by atoms with van der Waals surface area (Å²) in [6.45, 7) is 11.8. The van der Waals surface area contributed by atoms with Crippen LogP contribution in [0.15, 0.2) is 11.2 Å². The van der Waals surface area contributed by atoms with Crippen molar-refractivity contribution >= 4 is 41.3 Å². The van der Waals surface area contributed by atoms with Gasteiger partial charge < -0.3 is 15.0 Å². The smallest absolute Gasteiger partial charge is 0.193 e. The first-order chi connectivity index (χ1) is 11.3. The number of guanidine groups is 1. The average Bonchev–Trinajstić information content (AvgIpc) is 3.21. The predicted molar refractivity (Wildman–Crippen MR) is 113 cm³/mol. The molecule has 1 unspecified atom stereocenters. The molecule has 1 aromatic heterocycles. The summed E-state index contributed by atoms with van der Waals surface area (Å²) in [7, 11) is 0. The van der Waals surface area contributed by atoms with E-state index in [-0.39, 0.29) is 24.0 Å². The van der Waals surface area contributed by atoms with Crippen molar-refractivity contribution in [2.45, 2.75) is 40.0 Å². The van der Waals surface area contributed by atoms with Gasteiger partial charge in [0.05, 0.1) is 11.6 Å². The highest BCUT2D eigenvalue weighted by Gasteiger charge is 2.24.